The first-order chi connectivity index (χ1) is 20.0. The first-order valence-electron chi connectivity index (χ1n) is 13.8. The molecule has 0 spiro atoms. The molecule has 0 fully saturated rings. The normalized spacial score (nSPS) is 12.0. The molecule has 11 heteroatoms. The van der Waals surface area contributed by atoms with Crippen LogP contribution in [-0.4, -0.2) is 51.4 Å². The molecule has 0 saturated carbocycles. The maximum Gasteiger partial charge on any atom is 0.264 e. The SMILES string of the molecule is CCCCNC(=O)C(CC)N(Cc1ccc(OC)cc1)C(=O)CN(c1cc(Cl)ccc1Cl)S(=O)(=O)c1ccc(C)cc1. The third-order valence-corrected chi connectivity index (χ3v) is 9.12. The smallest absolute Gasteiger partial charge is 0.264 e. The van der Waals surface area contributed by atoms with Crippen LogP contribution in [0.3, 0.4) is 0 Å². The highest BCUT2D eigenvalue weighted by atomic mass is 35.5. The Kier molecular flexibility index (Phi) is 12.1. The highest BCUT2D eigenvalue weighted by Gasteiger charge is 2.34. The minimum atomic E-state index is -4.27. The number of nitrogens with zero attached hydrogens (tertiary/aromatic N) is 2. The molecule has 0 aromatic heterocycles. The van der Waals surface area contributed by atoms with Crippen molar-refractivity contribution in [3.05, 3.63) is 87.9 Å². The molecule has 1 unspecified atom stereocenters. The number of hydrogen-bond donors (Lipinski definition) is 1. The number of unbranched alkanes of at least 4 members (excludes halogenated alkanes) is 1. The summed E-state index contributed by atoms with van der Waals surface area (Å²) in [6.07, 6.45) is 2.02. The van der Waals surface area contributed by atoms with Crippen LogP contribution in [-0.2, 0) is 26.2 Å². The number of aryl methyl sites for hydroxylation is 1. The number of carbonyl (C=O) groups is 2. The second-order valence-electron chi connectivity index (χ2n) is 9.86. The van der Waals surface area contributed by atoms with E-state index in [0.29, 0.717) is 18.7 Å². The van der Waals surface area contributed by atoms with E-state index in [0.717, 1.165) is 28.3 Å². The molecule has 1 atom stereocenters. The van der Waals surface area contributed by atoms with Crippen LogP contribution in [0, 0.1) is 6.92 Å². The third-order valence-electron chi connectivity index (χ3n) is 6.79. The van der Waals surface area contributed by atoms with Gasteiger partial charge in [0, 0.05) is 18.1 Å². The van der Waals surface area contributed by atoms with Crippen LogP contribution in [0.4, 0.5) is 5.69 Å². The number of anilines is 1. The molecule has 1 N–H and O–H groups in total. The van der Waals surface area contributed by atoms with Crippen molar-refractivity contribution in [3.8, 4) is 5.75 Å². The number of rotatable bonds is 14. The summed E-state index contributed by atoms with van der Waals surface area (Å²) in [5, 5.41) is 3.27. The van der Waals surface area contributed by atoms with E-state index in [4.69, 9.17) is 27.9 Å². The lowest BCUT2D eigenvalue weighted by molar-refractivity contribution is -0.140. The number of benzene rings is 3. The van der Waals surface area contributed by atoms with Gasteiger partial charge in [-0.3, -0.25) is 13.9 Å². The minimum Gasteiger partial charge on any atom is -0.497 e. The van der Waals surface area contributed by atoms with Gasteiger partial charge in [0.1, 0.15) is 18.3 Å². The molecule has 42 heavy (non-hydrogen) atoms. The summed E-state index contributed by atoms with van der Waals surface area (Å²) in [7, 11) is -2.71. The van der Waals surface area contributed by atoms with Crippen LogP contribution in [0.1, 0.15) is 44.2 Å². The zero-order valence-corrected chi connectivity index (χ0v) is 26.6. The Hall–Kier alpha value is -3.27. The van der Waals surface area contributed by atoms with E-state index in [1.54, 1.807) is 43.5 Å². The zero-order valence-electron chi connectivity index (χ0n) is 24.3. The van der Waals surface area contributed by atoms with Crippen molar-refractivity contribution < 1.29 is 22.7 Å². The molecule has 3 rings (SSSR count). The Morgan fingerprint density at radius 2 is 1.64 bits per heavy atom. The van der Waals surface area contributed by atoms with Crippen LogP contribution in [0.25, 0.3) is 0 Å². The molecule has 3 aromatic carbocycles. The molecule has 2 amide bonds. The Morgan fingerprint density at radius 3 is 2.24 bits per heavy atom. The van der Waals surface area contributed by atoms with Crippen molar-refractivity contribution in [2.24, 2.45) is 0 Å². The lowest BCUT2D eigenvalue weighted by atomic mass is 10.1. The van der Waals surface area contributed by atoms with E-state index in [2.05, 4.69) is 5.32 Å². The van der Waals surface area contributed by atoms with E-state index in [1.165, 1.54) is 35.2 Å². The van der Waals surface area contributed by atoms with Crippen LogP contribution < -0.4 is 14.4 Å². The molecular formula is C31H37Cl2N3O5S. The Morgan fingerprint density at radius 1 is 0.976 bits per heavy atom. The topological polar surface area (TPSA) is 96.0 Å². The van der Waals surface area contributed by atoms with Crippen molar-refractivity contribution in [1.82, 2.24) is 10.2 Å². The second-order valence-corrected chi connectivity index (χ2v) is 12.6. The van der Waals surface area contributed by atoms with Crippen molar-refractivity contribution in [1.29, 1.82) is 0 Å². The molecule has 0 radical (unpaired) electrons. The quantitative estimate of drug-likeness (QED) is 0.212. The lowest BCUT2D eigenvalue weighted by Crippen LogP contribution is -2.52. The van der Waals surface area contributed by atoms with Gasteiger partial charge < -0.3 is 15.0 Å². The lowest BCUT2D eigenvalue weighted by Gasteiger charge is -2.33. The summed E-state index contributed by atoms with van der Waals surface area (Å²) in [5.41, 5.74) is 1.68. The summed E-state index contributed by atoms with van der Waals surface area (Å²) in [5.74, 6) is -0.233. The van der Waals surface area contributed by atoms with Gasteiger partial charge in [0.15, 0.2) is 0 Å². The minimum absolute atomic E-state index is 0.0111. The van der Waals surface area contributed by atoms with E-state index in [1.807, 2.05) is 20.8 Å². The molecule has 3 aromatic rings. The van der Waals surface area contributed by atoms with Gasteiger partial charge in [0.05, 0.1) is 22.7 Å². The monoisotopic (exact) mass is 633 g/mol. The Labute approximate surface area is 258 Å². The molecule has 0 aliphatic heterocycles. The summed E-state index contributed by atoms with van der Waals surface area (Å²) in [6, 6.07) is 17.0. The molecule has 8 nitrogen and oxygen atoms in total. The van der Waals surface area contributed by atoms with Crippen LogP contribution in [0.5, 0.6) is 5.75 Å². The van der Waals surface area contributed by atoms with E-state index < -0.39 is 28.5 Å². The van der Waals surface area contributed by atoms with Crippen LogP contribution in [0.15, 0.2) is 71.6 Å². The van der Waals surface area contributed by atoms with Crippen molar-refractivity contribution in [3.63, 3.8) is 0 Å². The summed E-state index contributed by atoms with van der Waals surface area (Å²) < 4.78 is 34.2. The molecule has 0 saturated heterocycles. The summed E-state index contributed by atoms with van der Waals surface area (Å²) in [4.78, 5) is 28.9. The van der Waals surface area contributed by atoms with E-state index >= 15 is 0 Å². The molecule has 226 valence electrons. The number of methoxy groups -OCH3 is 1. The Balaban J connectivity index is 2.07. The van der Waals surface area contributed by atoms with Crippen molar-refractivity contribution in [2.45, 2.75) is 57.5 Å². The number of hydrogen-bond acceptors (Lipinski definition) is 5. The average molecular weight is 635 g/mol. The van der Waals surface area contributed by atoms with E-state index in [-0.39, 0.29) is 33.1 Å². The van der Waals surface area contributed by atoms with E-state index in [9.17, 15) is 18.0 Å². The summed E-state index contributed by atoms with van der Waals surface area (Å²) in [6.45, 7) is 5.62. The van der Waals surface area contributed by atoms with Gasteiger partial charge in [-0.25, -0.2) is 8.42 Å². The zero-order chi connectivity index (χ0) is 30.9. The average Bonchev–Trinajstić information content (AvgIpc) is 2.97. The maximum atomic E-state index is 14.2. The van der Waals surface area contributed by atoms with Crippen LogP contribution >= 0.6 is 23.2 Å². The molecule has 0 aliphatic rings. The maximum absolute atomic E-state index is 14.2. The van der Waals surface area contributed by atoms with Crippen LogP contribution in [0.2, 0.25) is 10.0 Å². The highest BCUT2D eigenvalue weighted by molar-refractivity contribution is 7.92. The predicted octanol–water partition coefficient (Wildman–Crippen LogP) is 6.23. The van der Waals surface area contributed by atoms with Gasteiger partial charge >= 0.3 is 0 Å². The van der Waals surface area contributed by atoms with Crippen molar-refractivity contribution >= 4 is 50.7 Å². The fraction of sp³-hybridized carbons (Fsp3) is 0.355. The van der Waals surface area contributed by atoms with Gasteiger partial charge in [-0.05, 0) is 67.8 Å². The fourth-order valence-electron chi connectivity index (χ4n) is 4.38. The van der Waals surface area contributed by atoms with Gasteiger partial charge in [0.25, 0.3) is 10.0 Å². The highest BCUT2D eigenvalue weighted by Crippen LogP contribution is 2.33. The standard InChI is InChI=1S/C31H37Cl2N3O5S/c1-5-7-18-34-31(38)28(6-2)35(20-23-10-13-25(41-4)14-11-23)30(37)21-36(29-19-24(32)12-17-27(29)33)42(39,40)26-15-8-22(3)9-16-26/h8-17,19,28H,5-7,18,20-21H2,1-4H3,(H,34,38). The molecule has 0 aliphatic carbocycles. The third kappa shape index (κ3) is 8.40. The fourth-order valence-corrected chi connectivity index (χ4v) is 6.24. The number of amides is 2. The van der Waals surface area contributed by atoms with Crippen molar-refractivity contribution in [2.75, 3.05) is 24.5 Å². The molecule has 0 bridgehead atoms. The van der Waals surface area contributed by atoms with Gasteiger partial charge in [-0.1, -0.05) is 73.3 Å². The molecule has 0 heterocycles. The number of carbonyl (C=O) groups excluding carboxylic acids is 2. The second kappa shape index (κ2) is 15.3. The number of sulfonamides is 1. The van der Waals surface area contributed by atoms with Gasteiger partial charge in [-0.2, -0.15) is 0 Å². The number of ether oxygens (including phenoxy) is 1. The largest absolute Gasteiger partial charge is 0.497 e. The first kappa shape index (κ1) is 33.2. The van der Waals surface area contributed by atoms with Gasteiger partial charge in [0.2, 0.25) is 11.8 Å². The first-order valence-corrected chi connectivity index (χ1v) is 16.0. The number of nitrogens with one attached hydrogen (secondary N) is 1. The number of halogens is 2. The molecular weight excluding hydrogens is 597 g/mol. The van der Waals surface area contributed by atoms with Gasteiger partial charge in [-0.15, -0.1) is 0 Å². The summed E-state index contributed by atoms with van der Waals surface area (Å²) >= 11 is 12.7. The Bertz CT molecular complexity index is 1460. The predicted molar refractivity (Wildman–Crippen MR) is 168 cm³/mol.